The molecular formula is C13H12BrN3O2. The molecule has 2 aromatic rings. The number of nitrogens with two attached hydrogens (primary N) is 1. The molecule has 1 aromatic carbocycles. The molecule has 0 unspecified atom stereocenters. The first-order valence-electron chi connectivity index (χ1n) is 5.48. The van der Waals surface area contributed by atoms with Crippen LogP contribution in [0.2, 0.25) is 0 Å². The molecule has 1 heterocycles. The van der Waals surface area contributed by atoms with E-state index in [4.69, 9.17) is 15.7 Å². The molecule has 19 heavy (non-hydrogen) atoms. The van der Waals surface area contributed by atoms with Gasteiger partial charge in [0, 0.05) is 10.7 Å². The lowest BCUT2D eigenvalue weighted by atomic mass is 10.1. The lowest BCUT2D eigenvalue weighted by Gasteiger charge is -2.11. The van der Waals surface area contributed by atoms with E-state index < -0.39 is 0 Å². The number of rotatable bonds is 3. The van der Waals surface area contributed by atoms with E-state index in [0.29, 0.717) is 17.2 Å². The summed E-state index contributed by atoms with van der Waals surface area (Å²) >= 11 is 3.35. The summed E-state index contributed by atoms with van der Waals surface area (Å²) in [4.78, 5) is 4.12. The third-order valence-corrected chi connectivity index (χ3v) is 3.05. The van der Waals surface area contributed by atoms with Crippen molar-refractivity contribution in [2.24, 2.45) is 10.9 Å². The molecule has 0 aliphatic carbocycles. The largest absolute Gasteiger partial charge is 0.438 e. The zero-order valence-corrected chi connectivity index (χ0v) is 11.8. The van der Waals surface area contributed by atoms with Crippen LogP contribution in [0.1, 0.15) is 11.1 Å². The number of amidine groups is 1. The van der Waals surface area contributed by atoms with Gasteiger partial charge in [0.25, 0.3) is 0 Å². The second kappa shape index (κ2) is 5.71. The lowest BCUT2D eigenvalue weighted by Crippen LogP contribution is -2.16. The summed E-state index contributed by atoms with van der Waals surface area (Å²) in [5.41, 5.74) is 6.94. The number of halogens is 1. The van der Waals surface area contributed by atoms with Crippen LogP contribution in [0.3, 0.4) is 0 Å². The quantitative estimate of drug-likeness (QED) is 0.394. The maximum absolute atomic E-state index is 8.81. The van der Waals surface area contributed by atoms with Gasteiger partial charge >= 0.3 is 0 Å². The summed E-state index contributed by atoms with van der Waals surface area (Å²) in [7, 11) is 0. The van der Waals surface area contributed by atoms with Crippen LogP contribution in [-0.4, -0.2) is 16.0 Å². The van der Waals surface area contributed by atoms with Crippen molar-refractivity contribution >= 4 is 21.8 Å². The molecule has 0 amide bonds. The van der Waals surface area contributed by atoms with Gasteiger partial charge in [-0.1, -0.05) is 21.1 Å². The minimum absolute atomic E-state index is 0.0299. The van der Waals surface area contributed by atoms with Crippen LogP contribution in [0.25, 0.3) is 0 Å². The third-order valence-electron chi connectivity index (χ3n) is 2.52. The summed E-state index contributed by atoms with van der Waals surface area (Å²) in [6.45, 7) is 1.84. The summed E-state index contributed by atoms with van der Waals surface area (Å²) in [6, 6.07) is 9.07. The Morgan fingerprint density at radius 2 is 2.00 bits per heavy atom. The zero-order chi connectivity index (χ0) is 13.8. The minimum atomic E-state index is -0.0299. The third kappa shape index (κ3) is 3.03. The van der Waals surface area contributed by atoms with E-state index in [1.807, 2.05) is 19.1 Å². The number of aryl methyl sites for hydroxylation is 1. The Morgan fingerprint density at radius 1 is 1.32 bits per heavy atom. The van der Waals surface area contributed by atoms with E-state index in [1.54, 1.807) is 24.4 Å². The molecule has 0 saturated heterocycles. The van der Waals surface area contributed by atoms with Crippen LogP contribution in [0, 0.1) is 6.92 Å². The molecule has 0 saturated carbocycles. The van der Waals surface area contributed by atoms with Crippen LogP contribution >= 0.6 is 15.9 Å². The average Bonchev–Trinajstić information content (AvgIpc) is 2.41. The normalized spacial score (nSPS) is 11.4. The fraction of sp³-hybridized carbons (Fsp3) is 0.0769. The fourth-order valence-electron chi connectivity index (χ4n) is 1.59. The van der Waals surface area contributed by atoms with Crippen molar-refractivity contribution in [2.45, 2.75) is 6.92 Å². The van der Waals surface area contributed by atoms with Gasteiger partial charge < -0.3 is 15.7 Å². The van der Waals surface area contributed by atoms with Gasteiger partial charge in [-0.15, -0.1) is 0 Å². The number of hydrogen-bond acceptors (Lipinski definition) is 4. The summed E-state index contributed by atoms with van der Waals surface area (Å²) < 4.78 is 6.62. The van der Waals surface area contributed by atoms with Gasteiger partial charge in [-0.2, -0.15) is 0 Å². The van der Waals surface area contributed by atoms with Crippen molar-refractivity contribution in [1.29, 1.82) is 0 Å². The summed E-state index contributed by atoms with van der Waals surface area (Å²) in [5.74, 6) is 0.892. The molecule has 6 heteroatoms. The first-order chi connectivity index (χ1) is 9.11. The van der Waals surface area contributed by atoms with Gasteiger partial charge in [-0.3, -0.25) is 0 Å². The maximum Gasteiger partial charge on any atom is 0.230 e. The Bertz CT molecular complexity index is 612. The highest BCUT2D eigenvalue weighted by atomic mass is 79.9. The van der Waals surface area contributed by atoms with E-state index in [2.05, 4.69) is 26.1 Å². The number of oxime groups is 1. The molecule has 0 aliphatic heterocycles. The Labute approximate surface area is 118 Å². The molecular weight excluding hydrogens is 310 g/mol. The molecule has 0 atom stereocenters. The van der Waals surface area contributed by atoms with Gasteiger partial charge in [0.05, 0.1) is 5.56 Å². The van der Waals surface area contributed by atoms with E-state index in [0.717, 1.165) is 10.0 Å². The number of ether oxygens (including phenoxy) is 1. The van der Waals surface area contributed by atoms with E-state index in [1.165, 1.54) is 0 Å². The van der Waals surface area contributed by atoms with Crippen molar-refractivity contribution in [3.8, 4) is 11.6 Å². The molecule has 0 bridgehead atoms. The number of pyridine rings is 1. The number of hydrogen-bond donors (Lipinski definition) is 2. The monoisotopic (exact) mass is 321 g/mol. The van der Waals surface area contributed by atoms with Crippen molar-refractivity contribution in [1.82, 2.24) is 4.98 Å². The Hall–Kier alpha value is -2.08. The van der Waals surface area contributed by atoms with Crippen LogP contribution in [0.5, 0.6) is 11.6 Å². The topological polar surface area (TPSA) is 80.7 Å². The maximum atomic E-state index is 8.81. The predicted octanol–water partition coefficient (Wildman–Crippen LogP) is 3.04. The standard InChI is InChI=1S/C13H12BrN3O2/c1-8-6-7-16-13(11(8)12(15)17-18)19-10-4-2-9(14)3-5-10/h2-7,18H,1H3,(H2,15,17). The second-order valence-electron chi connectivity index (χ2n) is 3.85. The average molecular weight is 322 g/mol. The predicted molar refractivity (Wildman–Crippen MR) is 75.7 cm³/mol. The lowest BCUT2D eigenvalue weighted by molar-refractivity contribution is 0.318. The van der Waals surface area contributed by atoms with Crippen LogP contribution in [0.4, 0.5) is 0 Å². The fourth-order valence-corrected chi connectivity index (χ4v) is 1.85. The summed E-state index contributed by atoms with van der Waals surface area (Å²) in [6.07, 6.45) is 1.61. The molecule has 5 nitrogen and oxygen atoms in total. The van der Waals surface area contributed by atoms with Gasteiger partial charge in [0.15, 0.2) is 5.84 Å². The highest BCUT2D eigenvalue weighted by Crippen LogP contribution is 2.26. The Balaban J connectivity index is 2.40. The molecule has 0 aliphatic rings. The van der Waals surface area contributed by atoms with Gasteiger partial charge in [-0.05, 0) is 42.8 Å². The number of benzene rings is 1. The van der Waals surface area contributed by atoms with Crippen molar-refractivity contribution in [3.63, 3.8) is 0 Å². The molecule has 0 spiro atoms. The van der Waals surface area contributed by atoms with E-state index >= 15 is 0 Å². The Kier molecular flexibility index (Phi) is 4.01. The van der Waals surface area contributed by atoms with Crippen molar-refractivity contribution in [3.05, 3.63) is 52.1 Å². The van der Waals surface area contributed by atoms with Gasteiger partial charge in [-0.25, -0.2) is 4.98 Å². The van der Waals surface area contributed by atoms with Crippen molar-refractivity contribution < 1.29 is 9.94 Å². The Morgan fingerprint density at radius 3 is 2.63 bits per heavy atom. The SMILES string of the molecule is Cc1ccnc(Oc2ccc(Br)cc2)c1/C(N)=N/O. The molecule has 98 valence electrons. The molecule has 2 rings (SSSR count). The summed E-state index contributed by atoms with van der Waals surface area (Å²) in [5, 5.41) is 11.8. The van der Waals surface area contributed by atoms with Crippen LogP contribution in [0.15, 0.2) is 46.2 Å². The zero-order valence-electron chi connectivity index (χ0n) is 10.2. The smallest absolute Gasteiger partial charge is 0.230 e. The van der Waals surface area contributed by atoms with Crippen LogP contribution in [-0.2, 0) is 0 Å². The van der Waals surface area contributed by atoms with Gasteiger partial charge in [0.2, 0.25) is 5.88 Å². The van der Waals surface area contributed by atoms with Crippen molar-refractivity contribution in [2.75, 3.05) is 0 Å². The highest BCUT2D eigenvalue weighted by molar-refractivity contribution is 9.10. The number of nitrogens with zero attached hydrogens (tertiary/aromatic N) is 2. The van der Waals surface area contributed by atoms with E-state index in [-0.39, 0.29) is 5.84 Å². The molecule has 1 aromatic heterocycles. The minimum Gasteiger partial charge on any atom is -0.438 e. The molecule has 0 radical (unpaired) electrons. The van der Waals surface area contributed by atoms with Crippen LogP contribution < -0.4 is 10.5 Å². The first-order valence-corrected chi connectivity index (χ1v) is 6.28. The van der Waals surface area contributed by atoms with E-state index in [9.17, 15) is 0 Å². The first kappa shape index (κ1) is 13.4. The second-order valence-corrected chi connectivity index (χ2v) is 4.76. The highest BCUT2D eigenvalue weighted by Gasteiger charge is 2.13. The molecule has 3 N–H and O–H groups in total. The molecule has 0 fully saturated rings. The van der Waals surface area contributed by atoms with Gasteiger partial charge in [0.1, 0.15) is 5.75 Å². The number of aromatic nitrogens is 1.